The van der Waals surface area contributed by atoms with Gasteiger partial charge in [-0.25, -0.2) is 4.98 Å². The Hall–Kier alpha value is -2.73. The van der Waals surface area contributed by atoms with E-state index in [4.69, 9.17) is 4.74 Å². The Labute approximate surface area is 146 Å². The third kappa shape index (κ3) is 2.55. The van der Waals surface area contributed by atoms with E-state index in [2.05, 4.69) is 35.9 Å². The van der Waals surface area contributed by atoms with Gasteiger partial charge in [-0.2, -0.15) is 0 Å². The molecule has 4 heterocycles. The highest BCUT2D eigenvalue weighted by Gasteiger charge is 2.18. The number of aromatic amines is 1. The summed E-state index contributed by atoms with van der Waals surface area (Å²) in [5.74, 6) is 0.707. The van der Waals surface area contributed by atoms with Crippen molar-refractivity contribution in [2.75, 3.05) is 7.11 Å². The molecule has 4 aromatic rings. The number of hydrogen-bond donors (Lipinski definition) is 1. The lowest BCUT2D eigenvalue weighted by molar-refractivity contribution is 0.413. The van der Waals surface area contributed by atoms with E-state index in [9.17, 15) is 0 Å². The fourth-order valence-electron chi connectivity index (χ4n) is 2.70. The summed E-state index contributed by atoms with van der Waals surface area (Å²) in [5, 5.41) is 0. The second-order valence-corrected chi connectivity index (χ2v) is 6.04. The van der Waals surface area contributed by atoms with Crippen LogP contribution in [0, 0.1) is 0 Å². The van der Waals surface area contributed by atoms with Crippen LogP contribution in [0.5, 0.6) is 5.75 Å². The number of fused-ring (bicyclic) bond motifs is 1. The lowest BCUT2D eigenvalue weighted by Gasteiger charge is -2.04. The van der Waals surface area contributed by atoms with Crippen LogP contribution >= 0.6 is 15.9 Å². The zero-order valence-electron chi connectivity index (χ0n) is 12.8. The summed E-state index contributed by atoms with van der Waals surface area (Å²) in [6.07, 6.45) is 5.26. The first kappa shape index (κ1) is 14.8. The Morgan fingerprint density at radius 1 is 1.04 bits per heavy atom. The van der Waals surface area contributed by atoms with Gasteiger partial charge in [-0.05, 0) is 40.2 Å². The molecule has 0 saturated heterocycles. The molecule has 0 spiro atoms. The highest BCUT2D eigenvalue weighted by atomic mass is 79.9. The first-order chi connectivity index (χ1) is 11.8. The number of pyridine rings is 3. The molecular weight excluding hydrogens is 368 g/mol. The van der Waals surface area contributed by atoms with Crippen LogP contribution in [0.3, 0.4) is 0 Å². The summed E-state index contributed by atoms with van der Waals surface area (Å²) < 4.78 is 6.06. The van der Waals surface area contributed by atoms with Crippen LogP contribution in [0.2, 0.25) is 0 Å². The van der Waals surface area contributed by atoms with Gasteiger partial charge in [-0.15, -0.1) is 0 Å². The van der Waals surface area contributed by atoms with Crippen molar-refractivity contribution in [2.45, 2.75) is 0 Å². The van der Waals surface area contributed by atoms with Gasteiger partial charge in [-0.3, -0.25) is 9.97 Å². The molecule has 118 valence electrons. The Balaban J connectivity index is 2.04. The third-order valence-electron chi connectivity index (χ3n) is 3.78. The number of H-pyrrole nitrogens is 1. The third-order valence-corrected chi connectivity index (χ3v) is 4.21. The molecule has 4 rings (SSSR count). The van der Waals surface area contributed by atoms with Gasteiger partial charge in [0.1, 0.15) is 10.4 Å². The molecule has 0 radical (unpaired) electrons. The fraction of sp³-hybridized carbons (Fsp3) is 0.0556. The minimum Gasteiger partial charge on any atom is -0.495 e. The number of methoxy groups -OCH3 is 1. The average Bonchev–Trinajstić information content (AvgIpc) is 3.01. The smallest absolute Gasteiger partial charge is 0.139 e. The molecule has 0 aliphatic heterocycles. The van der Waals surface area contributed by atoms with Crippen molar-refractivity contribution in [3.8, 4) is 28.3 Å². The lowest BCUT2D eigenvalue weighted by atomic mass is 10.1. The number of ether oxygens (including phenoxy) is 1. The van der Waals surface area contributed by atoms with E-state index in [1.807, 2.05) is 36.4 Å². The van der Waals surface area contributed by atoms with E-state index in [-0.39, 0.29) is 0 Å². The minimum atomic E-state index is 0.707. The normalized spacial score (nSPS) is 10.9. The van der Waals surface area contributed by atoms with Crippen LogP contribution in [-0.2, 0) is 0 Å². The van der Waals surface area contributed by atoms with E-state index in [1.54, 1.807) is 25.7 Å². The summed E-state index contributed by atoms with van der Waals surface area (Å²) in [4.78, 5) is 16.7. The SMILES string of the molecule is COc1cnc2c(-c3ccccn3)c(-c3ccnc(Br)c3)[nH]c2c1. The number of nitrogens with zero attached hydrogens (tertiary/aromatic N) is 3. The molecule has 0 aliphatic carbocycles. The number of aromatic nitrogens is 4. The van der Waals surface area contributed by atoms with Gasteiger partial charge >= 0.3 is 0 Å². The average molecular weight is 381 g/mol. The Bertz CT molecular complexity index is 1010. The topological polar surface area (TPSA) is 63.7 Å². The van der Waals surface area contributed by atoms with E-state index < -0.39 is 0 Å². The first-order valence-corrected chi connectivity index (χ1v) is 8.14. The zero-order chi connectivity index (χ0) is 16.5. The van der Waals surface area contributed by atoms with Crippen molar-refractivity contribution in [1.29, 1.82) is 0 Å². The molecule has 24 heavy (non-hydrogen) atoms. The maximum Gasteiger partial charge on any atom is 0.139 e. The molecule has 1 N–H and O–H groups in total. The molecule has 0 atom stereocenters. The van der Waals surface area contributed by atoms with Crippen molar-refractivity contribution in [3.63, 3.8) is 0 Å². The number of hydrogen-bond acceptors (Lipinski definition) is 4. The Kier molecular flexibility index (Phi) is 3.74. The Morgan fingerprint density at radius 2 is 1.96 bits per heavy atom. The van der Waals surface area contributed by atoms with Gasteiger partial charge in [-0.1, -0.05) is 6.07 Å². The highest BCUT2D eigenvalue weighted by Crippen LogP contribution is 2.37. The molecular formula is C18H13BrN4O. The van der Waals surface area contributed by atoms with Crippen LogP contribution in [0.25, 0.3) is 33.5 Å². The van der Waals surface area contributed by atoms with E-state index in [1.165, 1.54) is 0 Å². The number of rotatable bonds is 3. The van der Waals surface area contributed by atoms with Gasteiger partial charge in [0, 0.05) is 24.0 Å². The number of halogens is 1. The monoisotopic (exact) mass is 380 g/mol. The molecule has 0 amide bonds. The van der Waals surface area contributed by atoms with Gasteiger partial charge in [0.15, 0.2) is 0 Å². The van der Waals surface area contributed by atoms with Crippen LogP contribution in [0.1, 0.15) is 0 Å². The largest absolute Gasteiger partial charge is 0.495 e. The number of nitrogens with one attached hydrogen (secondary N) is 1. The quantitative estimate of drug-likeness (QED) is 0.533. The summed E-state index contributed by atoms with van der Waals surface area (Å²) in [5.41, 5.74) is 5.55. The maximum atomic E-state index is 5.29. The molecule has 5 nitrogen and oxygen atoms in total. The molecule has 4 aromatic heterocycles. The predicted molar refractivity (Wildman–Crippen MR) is 96.8 cm³/mol. The van der Waals surface area contributed by atoms with Crippen LogP contribution in [0.15, 0.2) is 59.6 Å². The lowest BCUT2D eigenvalue weighted by Crippen LogP contribution is -1.87. The van der Waals surface area contributed by atoms with Crippen LogP contribution in [-0.4, -0.2) is 27.0 Å². The molecule has 0 saturated carbocycles. The van der Waals surface area contributed by atoms with Gasteiger partial charge < -0.3 is 9.72 Å². The summed E-state index contributed by atoms with van der Waals surface area (Å²) in [6.45, 7) is 0. The van der Waals surface area contributed by atoms with Crippen molar-refractivity contribution >= 4 is 27.0 Å². The molecule has 0 fully saturated rings. The zero-order valence-corrected chi connectivity index (χ0v) is 14.4. The summed E-state index contributed by atoms with van der Waals surface area (Å²) >= 11 is 3.43. The fourth-order valence-corrected chi connectivity index (χ4v) is 3.07. The van der Waals surface area contributed by atoms with E-state index in [0.29, 0.717) is 5.75 Å². The minimum absolute atomic E-state index is 0.707. The van der Waals surface area contributed by atoms with Crippen molar-refractivity contribution in [1.82, 2.24) is 19.9 Å². The van der Waals surface area contributed by atoms with Crippen molar-refractivity contribution in [2.24, 2.45) is 0 Å². The highest BCUT2D eigenvalue weighted by molar-refractivity contribution is 9.10. The molecule has 0 aromatic carbocycles. The molecule has 6 heteroatoms. The van der Waals surface area contributed by atoms with Crippen molar-refractivity contribution in [3.05, 3.63) is 59.6 Å². The summed E-state index contributed by atoms with van der Waals surface area (Å²) in [6, 6.07) is 11.7. The summed E-state index contributed by atoms with van der Waals surface area (Å²) in [7, 11) is 1.63. The van der Waals surface area contributed by atoms with Crippen molar-refractivity contribution < 1.29 is 4.74 Å². The van der Waals surface area contributed by atoms with E-state index in [0.717, 1.165) is 38.2 Å². The second kappa shape index (κ2) is 6.05. The second-order valence-electron chi connectivity index (χ2n) is 5.23. The molecule has 0 aliphatic rings. The van der Waals surface area contributed by atoms with Crippen LogP contribution < -0.4 is 4.74 Å². The standard InChI is InChI=1S/C18H13BrN4O/c1-24-12-9-14-18(22-10-12)16(13-4-2-3-6-20-13)17(23-14)11-5-7-21-15(19)8-11/h2-10,23H,1H3. The Morgan fingerprint density at radius 3 is 2.71 bits per heavy atom. The van der Waals surface area contributed by atoms with E-state index >= 15 is 0 Å². The van der Waals surface area contributed by atoms with Crippen LogP contribution in [0.4, 0.5) is 0 Å². The maximum absolute atomic E-state index is 5.29. The predicted octanol–water partition coefficient (Wildman–Crippen LogP) is 4.46. The molecule has 0 bridgehead atoms. The van der Waals surface area contributed by atoms with Gasteiger partial charge in [0.2, 0.25) is 0 Å². The van der Waals surface area contributed by atoms with Gasteiger partial charge in [0.05, 0.1) is 41.3 Å². The van der Waals surface area contributed by atoms with Gasteiger partial charge in [0.25, 0.3) is 0 Å². The molecule has 0 unspecified atom stereocenters. The first-order valence-electron chi connectivity index (χ1n) is 7.35.